The van der Waals surface area contributed by atoms with Crippen LogP contribution < -0.4 is 10.5 Å². The second-order valence-electron chi connectivity index (χ2n) is 5.54. The van der Waals surface area contributed by atoms with E-state index in [1.807, 2.05) is 13.0 Å². The lowest BCUT2D eigenvalue weighted by Gasteiger charge is -2.29. The van der Waals surface area contributed by atoms with Gasteiger partial charge in [-0.15, -0.1) is 0 Å². The van der Waals surface area contributed by atoms with E-state index in [1.165, 1.54) is 12.1 Å². The maximum Gasteiger partial charge on any atom is 0.127 e. The summed E-state index contributed by atoms with van der Waals surface area (Å²) in [6.07, 6.45) is 0.672. The van der Waals surface area contributed by atoms with Gasteiger partial charge in [-0.25, -0.2) is 4.39 Å². The number of halogens is 1. The number of hydrogen-bond donors (Lipinski definition) is 1. The van der Waals surface area contributed by atoms with Crippen LogP contribution in [0.2, 0.25) is 0 Å². The van der Waals surface area contributed by atoms with E-state index in [-0.39, 0.29) is 18.0 Å². The molecule has 0 bridgehead atoms. The average molecular weight is 282 g/mol. The van der Waals surface area contributed by atoms with Gasteiger partial charge in [0.1, 0.15) is 24.3 Å². The Balaban J connectivity index is 1.93. The molecule has 20 heavy (non-hydrogen) atoms. The van der Waals surface area contributed by atoms with Crippen molar-refractivity contribution < 1.29 is 13.9 Å². The minimum atomic E-state index is -0.292. The lowest BCUT2D eigenvalue weighted by molar-refractivity contribution is -0.0404. The van der Waals surface area contributed by atoms with Gasteiger partial charge in [0.15, 0.2) is 0 Å². The molecule has 0 aliphatic carbocycles. The zero-order valence-corrected chi connectivity index (χ0v) is 12.1. The maximum atomic E-state index is 13.5. The summed E-state index contributed by atoms with van der Waals surface area (Å²) in [5.74, 6) is 0.248. The molecule has 1 heterocycles. The van der Waals surface area contributed by atoms with Crippen LogP contribution in [0.15, 0.2) is 18.2 Å². The van der Waals surface area contributed by atoms with Gasteiger partial charge in [-0.05, 0) is 38.1 Å². The summed E-state index contributed by atoms with van der Waals surface area (Å²) >= 11 is 0. The summed E-state index contributed by atoms with van der Waals surface area (Å²) in [7, 11) is 2.05. The number of rotatable bonds is 5. The molecule has 0 spiro atoms. The van der Waals surface area contributed by atoms with Crippen LogP contribution in [-0.4, -0.2) is 50.4 Å². The first-order chi connectivity index (χ1) is 9.52. The predicted octanol–water partition coefficient (Wildman–Crippen LogP) is 1.42. The normalized spacial score (nSPS) is 21.7. The van der Waals surface area contributed by atoms with Gasteiger partial charge in [0.25, 0.3) is 0 Å². The molecule has 5 heteroatoms. The fourth-order valence-electron chi connectivity index (χ4n) is 2.35. The molecule has 2 unspecified atom stereocenters. The SMILES string of the molecule is CC(N)Cc1cc(F)cc(OCC2CN(C)CCO2)c1. The van der Waals surface area contributed by atoms with Gasteiger partial charge < -0.3 is 20.1 Å². The molecule has 0 radical (unpaired) electrons. The van der Waals surface area contributed by atoms with Crippen molar-refractivity contribution in [3.05, 3.63) is 29.6 Å². The minimum Gasteiger partial charge on any atom is -0.491 e. The fourth-order valence-corrected chi connectivity index (χ4v) is 2.35. The van der Waals surface area contributed by atoms with Crippen molar-refractivity contribution in [1.82, 2.24) is 4.90 Å². The van der Waals surface area contributed by atoms with Crippen molar-refractivity contribution in [3.63, 3.8) is 0 Å². The van der Waals surface area contributed by atoms with Crippen molar-refractivity contribution in [2.45, 2.75) is 25.5 Å². The summed E-state index contributed by atoms with van der Waals surface area (Å²) in [4.78, 5) is 2.20. The predicted molar refractivity (Wildman–Crippen MR) is 76.5 cm³/mol. The fraction of sp³-hybridized carbons (Fsp3) is 0.600. The number of morpholine rings is 1. The molecule has 0 amide bonds. The maximum absolute atomic E-state index is 13.5. The third-order valence-electron chi connectivity index (χ3n) is 3.27. The molecule has 4 nitrogen and oxygen atoms in total. The third kappa shape index (κ3) is 4.74. The first kappa shape index (κ1) is 15.2. The Kier molecular flexibility index (Phi) is 5.34. The molecule has 1 aromatic rings. The summed E-state index contributed by atoms with van der Waals surface area (Å²) in [6.45, 7) is 4.82. The zero-order valence-electron chi connectivity index (χ0n) is 12.1. The van der Waals surface area contributed by atoms with Crippen LogP contribution in [-0.2, 0) is 11.2 Å². The first-order valence-corrected chi connectivity index (χ1v) is 7.01. The van der Waals surface area contributed by atoms with Gasteiger partial charge in [-0.3, -0.25) is 0 Å². The second kappa shape index (κ2) is 7.02. The highest BCUT2D eigenvalue weighted by atomic mass is 19.1. The Morgan fingerprint density at radius 1 is 1.50 bits per heavy atom. The highest BCUT2D eigenvalue weighted by molar-refractivity contribution is 5.30. The average Bonchev–Trinajstić information content (AvgIpc) is 2.35. The molecular weight excluding hydrogens is 259 g/mol. The Bertz CT molecular complexity index is 440. The Morgan fingerprint density at radius 3 is 3.00 bits per heavy atom. The van der Waals surface area contributed by atoms with Crippen molar-refractivity contribution >= 4 is 0 Å². The van der Waals surface area contributed by atoms with Gasteiger partial charge in [-0.2, -0.15) is 0 Å². The van der Waals surface area contributed by atoms with Crippen molar-refractivity contribution in [1.29, 1.82) is 0 Å². The molecule has 1 aromatic carbocycles. The van der Waals surface area contributed by atoms with Crippen molar-refractivity contribution in [2.24, 2.45) is 5.73 Å². The summed E-state index contributed by atoms with van der Waals surface area (Å²) < 4.78 is 24.8. The number of benzene rings is 1. The van der Waals surface area contributed by atoms with Crippen molar-refractivity contribution in [2.75, 3.05) is 33.4 Å². The van der Waals surface area contributed by atoms with Gasteiger partial charge in [0, 0.05) is 25.2 Å². The van der Waals surface area contributed by atoms with Gasteiger partial charge in [0.05, 0.1) is 6.61 Å². The van der Waals surface area contributed by atoms with Crippen LogP contribution in [0.1, 0.15) is 12.5 Å². The molecule has 112 valence electrons. The van der Waals surface area contributed by atoms with E-state index in [1.54, 1.807) is 0 Å². The van der Waals surface area contributed by atoms with Crippen LogP contribution in [0, 0.1) is 5.82 Å². The quantitative estimate of drug-likeness (QED) is 0.887. The highest BCUT2D eigenvalue weighted by Crippen LogP contribution is 2.18. The van der Waals surface area contributed by atoms with Crippen LogP contribution >= 0.6 is 0 Å². The van der Waals surface area contributed by atoms with E-state index < -0.39 is 0 Å². The Hall–Kier alpha value is -1.17. The molecule has 0 aromatic heterocycles. The van der Waals surface area contributed by atoms with Crippen LogP contribution in [0.5, 0.6) is 5.75 Å². The summed E-state index contributed by atoms with van der Waals surface area (Å²) in [5, 5.41) is 0. The number of hydrogen-bond acceptors (Lipinski definition) is 4. The molecule has 1 saturated heterocycles. The lowest BCUT2D eigenvalue weighted by atomic mass is 10.1. The van der Waals surface area contributed by atoms with Gasteiger partial charge in [-0.1, -0.05) is 0 Å². The highest BCUT2D eigenvalue weighted by Gasteiger charge is 2.18. The Labute approximate surface area is 119 Å². The van der Waals surface area contributed by atoms with E-state index in [0.29, 0.717) is 25.4 Å². The molecule has 2 rings (SSSR count). The summed E-state index contributed by atoms with van der Waals surface area (Å²) in [6, 6.07) is 4.75. The second-order valence-corrected chi connectivity index (χ2v) is 5.54. The van der Waals surface area contributed by atoms with Crippen LogP contribution in [0.4, 0.5) is 4.39 Å². The van der Waals surface area contributed by atoms with Crippen LogP contribution in [0.3, 0.4) is 0 Å². The standard InChI is InChI=1S/C15H23FN2O2/c1-11(17)5-12-6-13(16)8-14(7-12)20-10-15-9-18(2)3-4-19-15/h6-8,11,15H,3-5,9-10,17H2,1-2H3. The van der Waals surface area contributed by atoms with E-state index in [2.05, 4.69) is 11.9 Å². The molecule has 1 fully saturated rings. The zero-order chi connectivity index (χ0) is 14.5. The van der Waals surface area contributed by atoms with E-state index in [9.17, 15) is 4.39 Å². The number of nitrogens with zero attached hydrogens (tertiary/aromatic N) is 1. The monoisotopic (exact) mass is 282 g/mol. The molecule has 2 N–H and O–H groups in total. The lowest BCUT2D eigenvalue weighted by Crippen LogP contribution is -2.42. The molecule has 2 atom stereocenters. The largest absolute Gasteiger partial charge is 0.491 e. The molecule has 0 saturated carbocycles. The molecule has 1 aliphatic heterocycles. The molecule has 1 aliphatic rings. The number of likely N-dealkylation sites (N-methyl/N-ethyl adjacent to an activating group) is 1. The van der Waals surface area contributed by atoms with E-state index in [0.717, 1.165) is 18.7 Å². The first-order valence-electron chi connectivity index (χ1n) is 7.01. The Morgan fingerprint density at radius 2 is 2.30 bits per heavy atom. The number of ether oxygens (including phenoxy) is 2. The third-order valence-corrected chi connectivity index (χ3v) is 3.27. The molecular formula is C15H23FN2O2. The number of nitrogens with two attached hydrogens (primary N) is 1. The van der Waals surface area contributed by atoms with Gasteiger partial charge >= 0.3 is 0 Å². The smallest absolute Gasteiger partial charge is 0.127 e. The topological polar surface area (TPSA) is 47.7 Å². The van der Waals surface area contributed by atoms with Gasteiger partial charge in [0.2, 0.25) is 0 Å². The summed E-state index contributed by atoms with van der Waals surface area (Å²) in [5.41, 5.74) is 6.60. The minimum absolute atomic E-state index is 0.0000209. The van der Waals surface area contributed by atoms with Crippen LogP contribution in [0.25, 0.3) is 0 Å². The van der Waals surface area contributed by atoms with Crippen molar-refractivity contribution in [3.8, 4) is 5.75 Å². The van der Waals surface area contributed by atoms with E-state index in [4.69, 9.17) is 15.2 Å². The van der Waals surface area contributed by atoms with E-state index >= 15 is 0 Å².